The molecule has 1 unspecified atom stereocenters. The van der Waals surface area contributed by atoms with Crippen molar-refractivity contribution in [3.05, 3.63) is 29.1 Å². The van der Waals surface area contributed by atoms with E-state index in [0.717, 1.165) is 37.4 Å². The molecule has 0 aliphatic carbocycles. The number of pyridine rings is 1. The summed E-state index contributed by atoms with van der Waals surface area (Å²) in [5.41, 5.74) is 3.52. The molecular weight excluding hydrogens is 300 g/mol. The maximum Gasteiger partial charge on any atom is 0.240 e. The molecule has 5 heteroatoms. The Bertz CT molecular complexity index is 589. The summed E-state index contributed by atoms with van der Waals surface area (Å²) in [4.78, 5) is 21.7. The zero-order valence-electron chi connectivity index (χ0n) is 15.4. The van der Waals surface area contributed by atoms with E-state index < -0.39 is 0 Å². The van der Waals surface area contributed by atoms with E-state index in [1.54, 1.807) is 0 Å². The third-order valence-corrected chi connectivity index (χ3v) is 5.62. The topological polar surface area (TPSA) is 48.5 Å². The number of rotatable bonds is 3. The molecule has 1 amide bonds. The second kappa shape index (κ2) is 6.81. The standard InChI is InChI=1S/C19H30N4O/c1-14-9-15(2)21-16(10-14)12-22(3)18(24)17-11-19(13-23(17)4)5-7-20-8-6-19/h9-10,17,20H,5-8,11-13H2,1-4H3. The van der Waals surface area contributed by atoms with Gasteiger partial charge >= 0.3 is 0 Å². The van der Waals surface area contributed by atoms with Gasteiger partial charge in [0.25, 0.3) is 0 Å². The number of aryl methyl sites for hydroxylation is 2. The maximum atomic E-state index is 13.0. The number of nitrogens with zero attached hydrogens (tertiary/aromatic N) is 3. The Labute approximate surface area is 145 Å². The van der Waals surface area contributed by atoms with E-state index in [1.807, 2.05) is 18.9 Å². The Balaban J connectivity index is 1.67. The molecule has 3 rings (SSSR count). The number of aromatic nitrogens is 1. The molecule has 2 saturated heterocycles. The summed E-state index contributed by atoms with van der Waals surface area (Å²) in [6.07, 6.45) is 3.36. The minimum atomic E-state index is 0.0130. The highest BCUT2D eigenvalue weighted by atomic mass is 16.2. The lowest BCUT2D eigenvalue weighted by Crippen LogP contribution is -2.42. The first-order chi connectivity index (χ1) is 11.4. The summed E-state index contributed by atoms with van der Waals surface area (Å²) in [6, 6.07) is 4.15. The number of carbonyl (C=O) groups is 1. The molecule has 1 N–H and O–H groups in total. The largest absolute Gasteiger partial charge is 0.338 e. The Morgan fingerprint density at radius 3 is 2.75 bits per heavy atom. The van der Waals surface area contributed by atoms with Crippen LogP contribution in [0.4, 0.5) is 0 Å². The Morgan fingerprint density at radius 1 is 1.38 bits per heavy atom. The van der Waals surface area contributed by atoms with E-state index >= 15 is 0 Å². The number of likely N-dealkylation sites (tertiary alicyclic amines) is 1. The van der Waals surface area contributed by atoms with E-state index in [-0.39, 0.29) is 11.9 Å². The van der Waals surface area contributed by atoms with Gasteiger partial charge in [-0.25, -0.2) is 0 Å². The van der Waals surface area contributed by atoms with Crippen molar-refractivity contribution in [1.82, 2.24) is 20.1 Å². The van der Waals surface area contributed by atoms with Gasteiger partial charge in [0.05, 0.1) is 18.3 Å². The number of piperidine rings is 1. The monoisotopic (exact) mass is 330 g/mol. The zero-order chi connectivity index (χ0) is 17.3. The van der Waals surface area contributed by atoms with Crippen LogP contribution in [0, 0.1) is 19.3 Å². The lowest BCUT2D eigenvalue weighted by Gasteiger charge is -2.33. The molecule has 0 saturated carbocycles. The summed E-state index contributed by atoms with van der Waals surface area (Å²) in [6.45, 7) is 7.87. The Morgan fingerprint density at radius 2 is 2.08 bits per heavy atom. The molecule has 132 valence electrons. The van der Waals surface area contributed by atoms with Crippen LogP contribution in [0.25, 0.3) is 0 Å². The first kappa shape index (κ1) is 17.4. The van der Waals surface area contributed by atoms with Crippen molar-refractivity contribution in [2.75, 3.05) is 33.7 Å². The van der Waals surface area contributed by atoms with E-state index in [2.05, 4.69) is 41.3 Å². The van der Waals surface area contributed by atoms with Gasteiger partial charge in [-0.1, -0.05) is 0 Å². The van der Waals surface area contributed by atoms with Crippen molar-refractivity contribution in [1.29, 1.82) is 0 Å². The van der Waals surface area contributed by atoms with Crippen molar-refractivity contribution in [3.8, 4) is 0 Å². The summed E-state index contributed by atoms with van der Waals surface area (Å²) in [7, 11) is 4.01. The average molecular weight is 330 g/mol. The molecule has 1 spiro atoms. The lowest BCUT2D eigenvalue weighted by atomic mass is 9.77. The van der Waals surface area contributed by atoms with E-state index in [9.17, 15) is 4.79 Å². The molecule has 3 heterocycles. The molecule has 0 aromatic carbocycles. The van der Waals surface area contributed by atoms with E-state index in [1.165, 1.54) is 18.4 Å². The number of carbonyl (C=O) groups excluding carboxylic acids is 1. The van der Waals surface area contributed by atoms with Crippen molar-refractivity contribution in [2.45, 2.75) is 45.7 Å². The molecule has 0 bridgehead atoms. The van der Waals surface area contributed by atoms with E-state index in [4.69, 9.17) is 0 Å². The van der Waals surface area contributed by atoms with Gasteiger partial charge in [0, 0.05) is 19.3 Å². The van der Waals surface area contributed by atoms with Gasteiger partial charge in [-0.2, -0.15) is 0 Å². The fraction of sp³-hybridized carbons (Fsp3) is 0.684. The summed E-state index contributed by atoms with van der Waals surface area (Å²) < 4.78 is 0. The highest BCUT2D eigenvalue weighted by Gasteiger charge is 2.46. The van der Waals surface area contributed by atoms with Crippen molar-refractivity contribution in [2.24, 2.45) is 5.41 Å². The molecule has 1 aromatic rings. The second-order valence-corrected chi connectivity index (χ2v) is 7.86. The Kier molecular flexibility index (Phi) is 4.92. The predicted molar refractivity (Wildman–Crippen MR) is 95.8 cm³/mol. The molecular formula is C19H30N4O. The average Bonchev–Trinajstić information content (AvgIpc) is 2.82. The van der Waals surface area contributed by atoms with Crippen molar-refractivity contribution < 1.29 is 4.79 Å². The van der Waals surface area contributed by atoms with Crippen LogP contribution in [0.5, 0.6) is 0 Å². The minimum absolute atomic E-state index is 0.0130. The summed E-state index contributed by atoms with van der Waals surface area (Å²) >= 11 is 0. The third kappa shape index (κ3) is 3.62. The number of nitrogens with one attached hydrogen (secondary N) is 1. The van der Waals surface area contributed by atoms with Gasteiger partial charge in [-0.05, 0) is 76.4 Å². The summed E-state index contributed by atoms with van der Waals surface area (Å²) in [5, 5.41) is 3.44. The van der Waals surface area contributed by atoms with Crippen molar-refractivity contribution >= 4 is 5.91 Å². The van der Waals surface area contributed by atoms with Gasteiger partial charge in [0.15, 0.2) is 0 Å². The lowest BCUT2D eigenvalue weighted by molar-refractivity contribution is -0.134. The quantitative estimate of drug-likeness (QED) is 0.917. The van der Waals surface area contributed by atoms with Crippen molar-refractivity contribution in [3.63, 3.8) is 0 Å². The number of amides is 1. The normalized spacial score (nSPS) is 23.6. The fourth-order valence-electron chi connectivity index (χ4n) is 4.45. The second-order valence-electron chi connectivity index (χ2n) is 7.86. The highest BCUT2D eigenvalue weighted by Crippen LogP contribution is 2.41. The third-order valence-electron chi connectivity index (χ3n) is 5.62. The zero-order valence-corrected chi connectivity index (χ0v) is 15.4. The first-order valence-corrected chi connectivity index (χ1v) is 8.99. The molecule has 24 heavy (non-hydrogen) atoms. The Hall–Kier alpha value is -1.46. The first-order valence-electron chi connectivity index (χ1n) is 8.99. The highest BCUT2D eigenvalue weighted by molar-refractivity contribution is 5.82. The number of likely N-dealkylation sites (N-methyl/N-ethyl adjacent to an activating group) is 2. The predicted octanol–water partition coefficient (Wildman–Crippen LogP) is 1.73. The van der Waals surface area contributed by atoms with Gasteiger partial charge < -0.3 is 10.2 Å². The molecule has 0 radical (unpaired) electrons. The van der Waals surface area contributed by atoms with Crippen LogP contribution in [-0.2, 0) is 11.3 Å². The van der Waals surface area contributed by atoms with Crippen LogP contribution >= 0.6 is 0 Å². The molecule has 2 aliphatic rings. The maximum absolute atomic E-state index is 13.0. The molecule has 2 fully saturated rings. The van der Waals surface area contributed by atoms with Crippen LogP contribution in [-0.4, -0.2) is 60.5 Å². The molecule has 1 aromatic heterocycles. The fourth-order valence-corrected chi connectivity index (χ4v) is 4.45. The van der Waals surface area contributed by atoms with Crippen LogP contribution in [0.2, 0.25) is 0 Å². The smallest absolute Gasteiger partial charge is 0.240 e. The van der Waals surface area contributed by atoms with Gasteiger partial charge in [0.1, 0.15) is 0 Å². The molecule has 5 nitrogen and oxygen atoms in total. The number of hydrogen-bond acceptors (Lipinski definition) is 4. The van der Waals surface area contributed by atoms with Crippen LogP contribution < -0.4 is 5.32 Å². The number of hydrogen-bond donors (Lipinski definition) is 1. The molecule has 2 aliphatic heterocycles. The molecule has 1 atom stereocenters. The van der Waals surface area contributed by atoms with Crippen LogP contribution in [0.3, 0.4) is 0 Å². The minimum Gasteiger partial charge on any atom is -0.338 e. The van der Waals surface area contributed by atoms with E-state index in [0.29, 0.717) is 12.0 Å². The van der Waals surface area contributed by atoms with Crippen LogP contribution in [0.1, 0.15) is 36.2 Å². The summed E-state index contributed by atoms with van der Waals surface area (Å²) in [5.74, 6) is 0.230. The van der Waals surface area contributed by atoms with Gasteiger partial charge in [-0.3, -0.25) is 14.7 Å². The van der Waals surface area contributed by atoms with Gasteiger partial charge in [0.2, 0.25) is 5.91 Å². The van der Waals surface area contributed by atoms with Crippen LogP contribution in [0.15, 0.2) is 12.1 Å². The van der Waals surface area contributed by atoms with Gasteiger partial charge in [-0.15, -0.1) is 0 Å². The SMILES string of the molecule is Cc1cc(C)nc(CN(C)C(=O)C2CC3(CCNCC3)CN2C)c1.